The lowest BCUT2D eigenvalue weighted by molar-refractivity contribution is 0.0953. The lowest BCUT2D eigenvalue weighted by Gasteiger charge is -2.43. The van der Waals surface area contributed by atoms with E-state index < -0.39 is 5.91 Å². The lowest BCUT2D eigenvalue weighted by atomic mass is 9.72. The summed E-state index contributed by atoms with van der Waals surface area (Å²) in [5, 5.41) is 4.09. The van der Waals surface area contributed by atoms with Gasteiger partial charge in [-0.25, -0.2) is 15.8 Å². The SMILES string of the molecule is NNC(=O)c1cnc(NC2(c3ccccc3Cl)CCC2)nc1. The number of nitrogens with zero attached hydrogens (tertiary/aromatic N) is 2. The first kappa shape index (κ1) is 14.7. The van der Waals surface area contributed by atoms with Gasteiger partial charge in [-0.05, 0) is 30.9 Å². The quantitative estimate of drug-likeness (QED) is 0.457. The molecule has 0 aliphatic heterocycles. The highest BCUT2D eigenvalue weighted by Gasteiger charge is 2.40. The third kappa shape index (κ3) is 2.63. The van der Waals surface area contributed by atoms with Gasteiger partial charge in [0.25, 0.3) is 5.91 Å². The van der Waals surface area contributed by atoms with E-state index in [0.717, 1.165) is 29.8 Å². The molecule has 2 aromatic rings. The molecule has 0 spiro atoms. The van der Waals surface area contributed by atoms with Crippen LogP contribution in [-0.4, -0.2) is 15.9 Å². The standard InChI is InChI=1S/C15H16ClN5O/c16-12-5-2-1-4-11(12)15(6-3-7-15)20-14-18-8-10(9-19-14)13(22)21-17/h1-2,4-5,8-9H,3,6-7,17H2,(H,21,22)(H,18,19,20). The number of rotatable bonds is 4. The lowest BCUT2D eigenvalue weighted by Crippen LogP contribution is -2.42. The van der Waals surface area contributed by atoms with Gasteiger partial charge >= 0.3 is 0 Å². The monoisotopic (exact) mass is 317 g/mol. The van der Waals surface area contributed by atoms with Gasteiger partial charge in [0.15, 0.2) is 0 Å². The zero-order chi connectivity index (χ0) is 15.6. The van der Waals surface area contributed by atoms with Crippen LogP contribution in [0.5, 0.6) is 0 Å². The maximum atomic E-state index is 11.4. The van der Waals surface area contributed by atoms with Crippen LogP contribution >= 0.6 is 11.6 Å². The number of nitrogens with two attached hydrogens (primary N) is 1. The summed E-state index contributed by atoms with van der Waals surface area (Å²) in [5.74, 6) is 5.13. The summed E-state index contributed by atoms with van der Waals surface area (Å²) >= 11 is 6.33. The van der Waals surface area contributed by atoms with E-state index in [1.165, 1.54) is 12.4 Å². The Hall–Kier alpha value is -2.18. The van der Waals surface area contributed by atoms with Crippen LogP contribution in [-0.2, 0) is 5.54 Å². The first-order chi connectivity index (χ1) is 10.6. The van der Waals surface area contributed by atoms with Gasteiger partial charge in [-0.1, -0.05) is 29.8 Å². The molecule has 114 valence electrons. The van der Waals surface area contributed by atoms with Crippen LogP contribution in [0.4, 0.5) is 5.95 Å². The minimum Gasteiger partial charge on any atom is -0.345 e. The van der Waals surface area contributed by atoms with E-state index in [1.807, 2.05) is 29.7 Å². The van der Waals surface area contributed by atoms with E-state index in [1.54, 1.807) is 0 Å². The second kappa shape index (κ2) is 5.90. The normalized spacial score (nSPS) is 15.7. The molecule has 4 N–H and O–H groups in total. The Morgan fingerprint density at radius 3 is 2.45 bits per heavy atom. The van der Waals surface area contributed by atoms with Gasteiger partial charge in [0.2, 0.25) is 5.95 Å². The highest BCUT2D eigenvalue weighted by atomic mass is 35.5. The van der Waals surface area contributed by atoms with Crippen molar-refractivity contribution in [2.24, 2.45) is 5.84 Å². The van der Waals surface area contributed by atoms with E-state index in [-0.39, 0.29) is 5.54 Å². The average Bonchev–Trinajstić information content (AvgIpc) is 2.51. The second-order valence-corrected chi connectivity index (χ2v) is 5.72. The van der Waals surface area contributed by atoms with Crippen LogP contribution in [0.2, 0.25) is 5.02 Å². The number of aromatic nitrogens is 2. The largest absolute Gasteiger partial charge is 0.345 e. The molecule has 0 unspecified atom stereocenters. The summed E-state index contributed by atoms with van der Waals surface area (Å²) in [6, 6.07) is 7.78. The van der Waals surface area contributed by atoms with Crippen LogP contribution in [0.15, 0.2) is 36.7 Å². The molecule has 22 heavy (non-hydrogen) atoms. The molecule has 0 radical (unpaired) electrons. The van der Waals surface area contributed by atoms with Gasteiger partial charge in [-0.3, -0.25) is 10.2 Å². The number of hydrazine groups is 1. The molecule has 0 saturated heterocycles. The molecule has 1 fully saturated rings. The highest BCUT2D eigenvalue weighted by molar-refractivity contribution is 6.31. The van der Waals surface area contributed by atoms with Crippen LogP contribution in [0.3, 0.4) is 0 Å². The minimum absolute atomic E-state index is 0.240. The van der Waals surface area contributed by atoms with Crippen molar-refractivity contribution in [1.29, 1.82) is 0 Å². The van der Waals surface area contributed by atoms with Gasteiger partial charge in [0, 0.05) is 17.4 Å². The summed E-state index contributed by atoms with van der Waals surface area (Å²) in [7, 11) is 0. The number of hydrogen-bond acceptors (Lipinski definition) is 5. The third-order valence-corrected chi connectivity index (χ3v) is 4.32. The number of hydrogen-bond donors (Lipinski definition) is 3. The topological polar surface area (TPSA) is 92.9 Å². The molecule has 1 amide bonds. The highest BCUT2D eigenvalue weighted by Crippen LogP contribution is 2.45. The summed E-state index contributed by atoms with van der Waals surface area (Å²) in [5.41, 5.74) is 3.17. The van der Waals surface area contributed by atoms with Gasteiger partial charge in [0.05, 0.1) is 11.1 Å². The Bertz CT molecular complexity index is 685. The van der Waals surface area contributed by atoms with Crippen molar-refractivity contribution >= 4 is 23.5 Å². The number of carbonyl (C=O) groups excluding carboxylic acids is 1. The molecule has 1 heterocycles. The Morgan fingerprint density at radius 1 is 1.23 bits per heavy atom. The predicted octanol–water partition coefficient (Wildman–Crippen LogP) is 2.22. The number of halogens is 1. The van der Waals surface area contributed by atoms with Crippen LogP contribution in [0.25, 0.3) is 0 Å². The second-order valence-electron chi connectivity index (χ2n) is 5.31. The molecule has 3 rings (SSSR count). The smallest absolute Gasteiger partial charge is 0.268 e. The summed E-state index contributed by atoms with van der Waals surface area (Å²) in [6.45, 7) is 0. The fourth-order valence-corrected chi connectivity index (χ4v) is 2.97. The van der Waals surface area contributed by atoms with Crippen molar-refractivity contribution in [2.45, 2.75) is 24.8 Å². The Kier molecular flexibility index (Phi) is 3.96. The van der Waals surface area contributed by atoms with Crippen molar-refractivity contribution in [1.82, 2.24) is 15.4 Å². The molecular formula is C15H16ClN5O. The molecule has 1 aliphatic rings. The number of carbonyl (C=O) groups is 1. The van der Waals surface area contributed by atoms with Gasteiger partial charge in [0.1, 0.15) is 0 Å². The molecule has 7 heteroatoms. The number of anilines is 1. The van der Waals surface area contributed by atoms with E-state index in [4.69, 9.17) is 17.4 Å². The fourth-order valence-electron chi connectivity index (χ4n) is 2.65. The van der Waals surface area contributed by atoms with E-state index in [2.05, 4.69) is 15.3 Å². The fraction of sp³-hybridized carbons (Fsp3) is 0.267. The first-order valence-corrected chi connectivity index (χ1v) is 7.39. The Morgan fingerprint density at radius 2 is 1.91 bits per heavy atom. The minimum atomic E-state index is -0.420. The van der Waals surface area contributed by atoms with E-state index in [9.17, 15) is 4.79 Å². The van der Waals surface area contributed by atoms with Crippen molar-refractivity contribution in [2.75, 3.05) is 5.32 Å². The third-order valence-electron chi connectivity index (χ3n) is 3.99. The Labute approximate surface area is 133 Å². The van der Waals surface area contributed by atoms with Crippen molar-refractivity contribution in [3.8, 4) is 0 Å². The molecule has 1 aliphatic carbocycles. The average molecular weight is 318 g/mol. The molecule has 1 aromatic carbocycles. The number of amides is 1. The van der Waals surface area contributed by atoms with Gasteiger partial charge < -0.3 is 5.32 Å². The van der Waals surface area contributed by atoms with Gasteiger partial charge in [-0.2, -0.15) is 0 Å². The molecule has 6 nitrogen and oxygen atoms in total. The van der Waals surface area contributed by atoms with Crippen LogP contribution in [0.1, 0.15) is 35.2 Å². The summed E-state index contributed by atoms with van der Waals surface area (Å²) < 4.78 is 0. The van der Waals surface area contributed by atoms with Gasteiger partial charge in [-0.15, -0.1) is 0 Å². The first-order valence-electron chi connectivity index (χ1n) is 7.01. The molecule has 1 aromatic heterocycles. The number of nitrogen functional groups attached to an aromatic ring is 1. The van der Waals surface area contributed by atoms with Crippen LogP contribution < -0.4 is 16.6 Å². The van der Waals surface area contributed by atoms with E-state index >= 15 is 0 Å². The maximum absolute atomic E-state index is 11.4. The molecular weight excluding hydrogens is 302 g/mol. The molecule has 0 atom stereocenters. The predicted molar refractivity (Wildman–Crippen MR) is 84.3 cm³/mol. The number of benzene rings is 1. The zero-order valence-corrected chi connectivity index (χ0v) is 12.6. The molecule has 1 saturated carbocycles. The summed E-state index contributed by atoms with van der Waals surface area (Å²) in [4.78, 5) is 19.8. The number of nitrogens with one attached hydrogen (secondary N) is 2. The van der Waals surface area contributed by atoms with Crippen molar-refractivity contribution in [3.63, 3.8) is 0 Å². The van der Waals surface area contributed by atoms with Crippen molar-refractivity contribution in [3.05, 3.63) is 52.8 Å². The van der Waals surface area contributed by atoms with Crippen molar-refractivity contribution < 1.29 is 4.79 Å². The Balaban J connectivity index is 1.84. The maximum Gasteiger partial charge on any atom is 0.268 e. The zero-order valence-electron chi connectivity index (χ0n) is 11.8. The van der Waals surface area contributed by atoms with Crippen LogP contribution in [0, 0.1) is 0 Å². The van der Waals surface area contributed by atoms with E-state index in [0.29, 0.717) is 11.5 Å². The summed E-state index contributed by atoms with van der Waals surface area (Å²) in [6.07, 6.45) is 5.93. The molecule has 0 bridgehead atoms.